The van der Waals surface area contributed by atoms with Gasteiger partial charge in [0, 0.05) is 25.6 Å². The fourth-order valence-electron chi connectivity index (χ4n) is 3.05. The molecule has 1 N–H and O–H groups in total. The Morgan fingerprint density at radius 1 is 1.25 bits per heavy atom. The van der Waals surface area contributed by atoms with Crippen LogP contribution in [0.25, 0.3) is 0 Å². The van der Waals surface area contributed by atoms with E-state index in [-0.39, 0.29) is 30.8 Å². The van der Waals surface area contributed by atoms with E-state index < -0.39 is 11.7 Å². The normalized spacial score (nSPS) is 16.6. The molecular weight excluding hydrogens is 358 g/mol. The van der Waals surface area contributed by atoms with Crippen molar-refractivity contribution >= 4 is 29.3 Å². The first kappa shape index (κ1) is 21.5. The highest BCUT2D eigenvalue weighted by molar-refractivity contribution is 6.01. The van der Waals surface area contributed by atoms with Gasteiger partial charge >= 0.3 is 6.09 Å². The number of carbonyl (C=O) groups excluding carboxylic acids is 3. The molecule has 0 spiro atoms. The number of anilines is 2. The quantitative estimate of drug-likeness (QED) is 0.805. The number of rotatable bonds is 4. The van der Waals surface area contributed by atoms with Gasteiger partial charge in [0.25, 0.3) is 0 Å². The summed E-state index contributed by atoms with van der Waals surface area (Å²) in [5.41, 5.74) is 0.694. The minimum absolute atomic E-state index is 0.116. The van der Waals surface area contributed by atoms with Crippen molar-refractivity contribution in [1.29, 1.82) is 0 Å². The number of amides is 3. The third kappa shape index (κ3) is 5.34. The van der Waals surface area contributed by atoms with Crippen LogP contribution < -0.4 is 15.1 Å². The zero-order valence-electron chi connectivity index (χ0n) is 17.0. The molecule has 0 saturated carbocycles. The van der Waals surface area contributed by atoms with Crippen molar-refractivity contribution in [2.45, 2.75) is 52.2 Å². The summed E-state index contributed by atoms with van der Waals surface area (Å²) in [5, 5.41) is 2.61. The average Bonchev–Trinajstić information content (AvgIpc) is 2.76. The van der Waals surface area contributed by atoms with Crippen molar-refractivity contribution < 1.29 is 19.1 Å². The van der Waals surface area contributed by atoms with Crippen LogP contribution in [0, 0.1) is 0 Å². The summed E-state index contributed by atoms with van der Waals surface area (Å²) in [5.74, 6) is -0.427. The Bertz CT molecular complexity index is 754. The van der Waals surface area contributed by atoms with Crippen LogP contribution in [0.4, 0.5) is 16.2 Å². The summed E-state index contributed by atoms with van der Waals surface area (Å²) in [6.07, 6.45) is 1.51. The number of fused-ring (bicyclic) bond motifs is 1. The summed E-state index contributed by atoms with van der Waals surface area (Å²) < 4.78 is 5.59. The lowest BCUT2D eigenvalue weighted by Gasteiger charge is -2.31. The summed E-state index contributed by atoms with van der Waals surface area (Å²) in [4.78, 5) is 40.2. The summed E-state index contributed by atoms with van der Waals surface area (Å²) >= 11 is 0. The number of hydrogen-bond donors (Lipinski definition) is 1. The zero-order valence-corrected chi connectivity index (χ0v) is 17.0. The van der Waals surface area contributed by atoms with Gasteiger partial charge in [0.05, 0.1) is 11.4 Å². The minimum atomic E-state index is -0.614. The molecule has 7 heteroatoms. The van der Waals surface area contributed by atoms with Gasteiger partial charge in [-0.2, -0.15) is 0 Å². The van der Waals surface area contributed by atoms with E-state index in [1.54, 1.807) is 9.80 Å². The molecule has 1 aromatic carbocycles. The standard InChI is InChI=1S/C21H29N3O4/c1-6-18(25)22-13-11-19(26)23-14-12-15(2)24(20(27)28-21(3,4)5)17-10-8-7-9-16(17)23/h6-10,15H,1,11-14H2,2-5H3,(H,22,25). The molecule has 1 atom stereocenters. The van der Waals surface area contributed by atoms with Crippen LogP contribution in [0.5, 0.6) is 0 Å². The highest BCUT2D eigenvalue weighted by Crippen LogP contribution is 2.35. The van der Waals surface area contributed by atoms with Crippen LogP contribution in [-0.2, 0) is 14.3 Å². The second-order valence-corrected chi connectivity index (χ2v) is 7.77. The second kappa shape index (κ2) is 8.91. The summed E-state index contributed by atoms with van der Waals surface area (Å²) in [7, 11) is 0. The largest absolute Gasteiger partial charge is 0.443 e. The molecule has 2 rings (SSSR count). The first-order chi connectivity index (χ1) is 13.1. The lowest BCUT2D eigenvalue weighted by atomic mass is 10.2. The Morgan fingerprint density at radius 2 is 1.89 bits per heavy atom. The molecule has 28 heavy (non-hydrogen) atoms. The van der Waals surface area contributed by atoms with Crippen LogP contribution in [0.3, 0.4) is 0 Å². The molecule has 1 aliphatic rings. The maximum absolute atomic E-state index is 12.8. The van der Waals surface area contributed by atoms with E-state index in [9.17, 15) is 14.4 Å². The maximum atomic E-state index is 12.8. The molecule has 1 aromatic rings. The molecule has 0 aromatic heterocycles. The molecule has 3 amide bonds. The van der Waals surface area contributed by atoms with E-state index >= 15 is 0 Å². The van der Waals surface area contributed by atoms with Crippen LogP contribution in [-0.4, -0.2) is 42.6 Å². The van der Waals surface area contributed by atoms with E-state index in [0.29, 0.717) is 24.3 Å². The lowest BCUT2D eigenvalue weighted by molar-refractivity contribution is -0.119. The van der Waals surface area contributed by atoms with Crippen LogP contribution >= 0.6 is 0 Å². The van der Waals surface area contributed by atoms with Crippen LogP contribution in [0.1, 0.15) is 40.5 Å². The Morgan fingerprint density at radius 3 is 2.50 bits per heavy atom. The highest BCUT2D eigenvalue weighted by atomic mass is 16.6. The van der Waals surface area contributed by atoms with Crippen molar-refractivity contribution in [2.24, 2.45) is 0 Å². The third-order valence-electron chi connectivity index (χ3n) is 4.36. The molecule has 152 valence electrons. The molecule has 0 bridgehead atoms. The number of hydrogen-bond acceptors (Lipinski definition) is 4. The van der Waals surface area contributed by atoms with E-state index in [1.165, 1.54) is 6.08 Å². The molecule has 1 aliphatic heterocycles. The Balaban J connectivity index is 2.27. The number of ether oxygens (including phenoxy) is 1. The second-order valence-electron chi connectivity index (χ2n) is 7.77. The molecule has 7 nitrogen and oxygen atoms in total. The summed E-state index contributed by atoms with van der Waals surface area (Å²) in [6.45, 7) is 11.5. The van der Waals surface area contributed by atoms with Crippen molar-refractivity contribution in [1.82, 2.24) is 5.32 Å². The van der Waals surface area contributed by atoms with Crippen LogP contribution in [0.2, 0.25) is 0 Å². The molecule has 0 radical (unpaired) electrons. The number of para-hydroxylation sites is 2. The molecule has 1 unspecified atom stereocenters. The minimum Gasteiger partial charge on any atom is -0.443 e. The van der Waals surface area contributed by atoms with E-state index in [1.807, 2.05) is 52.0 Å². The van der Waals surface area contributed by atoms with Crippen molar-refractivity contribution in [2.75, 3.05) is 22.9 Å². The van der Waals surface area contributed by atoms with Gasteiger partial charge in [0.15, 0.2) is 0 Å². The zero-order chi connectivity index (χ0) is 20.9. The van der Waals surface area contributed by atoms with Crippen molar-refractivity contribution in [3.63, 3.8) is 0 Å². The maximum Gasteiger partial charge on any atom is 0.415 e. The first-order valence-corrected chi connectivity index (χ1v) is 9.46. The SMILES string of the molecule is C=CC(=O)NCCC(=O)N1CCC(C)N(C(=O)OC(C)(C)C)c2ccccc21. The molecule has 0 saturated heterocycles. The van der Waals surface area contributed by atoms with Crippen molar-refractivity contribution in [3.8, 4) is 0 Å². The average molecular weight is 387 g/mol. The number of benzene rings is 1. The lowest BCUT2D eigenvalue weighted by Crippen LogP contribution is -2.42. The van der Waals surface area contributed by atoms with Gasteiger partial charge in [-0.15, -0.1) is 0 Å². The van der Waals surface area contributed by atoms with Gasteiger partial charge in [-0.3, -0.25) is 14.5 Å². The highest BCUT2D eigenvalue weighted by Gasteiger charge is 2.34. The van der Waals surface area contributed by atoms with E-state index in [4.69, 9.17) is 4.74 Å². The van der Waals surface area contributed by atoms with Gasteiger partial charge in [-0.25, -0.2) is 4.79 Å². The Labute approximate surface area is 166 Å². The van der Waals surface area contributed by atoms with Gasteiger partial charge in [0.2, 0.25) is 11.8 Å². The van der Waals surface area contributed by atoms with E-state index in [0.717, 1.165) is 0 Å². The fraction of sp³-hybridized carbons (Fsp3) is 0.476. The predicted molar refractivity (Wildman–Crippen MR) is 109 cm³/mol. The first-order valence-electron chi connectivity index (χ1n) is 9.46. The third-order valence-corrected chi connectivity index (χ3v) is 4.36. The number of carbonyl (C=O) groups is 3. The predicted octanol–water partition coefficient (Wildman–Crippen LogP) is 3.25. The Kier molecular flexibility index (Phi) is 6.83. The monoisotopic (exact) mass is 387 g/mol. The molecule has 1 heterocycles. The number of nitrogens with one attached hydrogen (secondary N) is 1. The van der Waals surface area contributed by atoms with Gasteiger partial charge < -0.3 is 15.0 Å². The molecule has 0 fully saturated rings. The fourth-order valence-corrected chi connectivity index (χ4v) is 3.05. The smallest absolute Gasteiger partial charge is 0.415 e. The van der Waals surface area contributed by atoms with Crippen molar-refractivity contribution in [3.05, 3.63) is 36.9 Å². The summed E-state index contributed by atoms with van der Waals surface area (Å²) in [6, 6.07) is 7.18. The molecule has 0 aliphatic carbocycles. The van der Waals surface area contributed by atoms with Gasteiger partial charge in [0.1, 0.15) is 5.60 Å². The topological polar surface area (TPSA) is 79.0 Å². The van der Waals surface area contributed by atoms with Gasteiger partial charge in [-0.1, -0.05) is 18.7 Å². The number of nitrogens with zero attached hydrogens (tertiary/aromatic N) is 2. The van der Waals surface area contributed by atoms with Crippen LogP contribution in [0.15, 0.2) is 36.9 Å². The van der Waals surface area contributed by atoms with Gasteiger partial charge in [-0.05, 0) is 52.3 Å². The molecular formula is C21H29N3O4. The van der Waals surface area contributed by atoms with E-state index in [2.05, 4.69) is 11.9 Å². The Hall–Kier alpha value is -2.83.